The molecule has 0 spiro atoms. The number of aliphatic hydroxyl groups excluding tert-OH is 2. The highest BCUT2D eigenvalue weighted by atomic mass is 31.2. The van der Waals surface area contributed by atoms with Crippen LogP contribution in [-0.4, -0.2) is 65.7 Å². The zero-order chi connectivity index (χ0) is 39.1. The van der Waals surface area contributed by atoms with Crippen LogP contribution in [0.25, 0.3) is 0 Å². The van der Waals surface area contributed by atoms with Gasteiger partial charge in [0.25, 0.3) is 0 Å². The van der Waals surface area contributed by atoms with E-state index in [1.165, 1.54) is 70.6 Å². The predicted molar refractivity (Wildman–Crippen MR) is 214 cm³/mol. The highest BCUT2D eigenvalue weighted by Gasteiger charge is 2.27. The summed E-state index contributed by atoms with van der Waals surface area (Å²) in [5, 5.41) is 18.3. The van der Waals surface area contributed by atoms with E-state index in [2.05, 4.69) is 54.8 Å². The summed E-state index contributed by atoms with van der Waals surface area (Å²) in [6.07, 6.45) is 38.2. The molecule has 10 nitrogen and oxygen atoms in total. The summed E-state index contributed by atoms with van der Waals surface area (Å²) in [6, 6.07) is 0. The highest BCUT2D eigenvalue weighted by molar-refractivity contribution is 7.47. The largest absolute Gasteiger partial charge is 0.472 e. The molecular weight excluding hydrogens is 695 g/mol. The van der Waals surface area contributed by atoms with Gasteiger partial charge in [-0.05, 0) is 64.2 Å². The van der Waals surface area contributed by atoms with Gasteiger partial charge in [0.05, 0.1) is 19.8 Å². The molecule has 0 aromatic carbocycles. The van der Waals surface area contributed by atoms with Gasteiger partial charge in [0, 0.05) is 12.8 Å². The van der Waals surface area contributed by atoms with Crippen LogP contribution in [0.5, 0.6) is 0 Å². The maximum Gasteiger partial charge on any atom is 0.472 e. The average Bonchev–Trinajstić information content (AvgIpc) is 3.14. The average molecular weight is 773 g/mol. The maximum atomic E-state index is 12.6. The van der Waals surface area contributed by atoms with Crippen molar-refractivity contribution in [1.82, 2.24) is 0 Å². The standard InChI is InChI=1S/C42H77O10P/c1-3-5-7-9-11-13-15-16-17-18-19-20-21-22-24-26-28-30-32-34-42(46)52-40(38-51-53(47,48)50-36-39(44)35-43)37-49-41(45)33-31-29-27-25-23-14-12-10-8-6-4-2/h10-13,16-17,39-40,43-44H,3-9,14-15,18-38H2,1-2H3,(H,47,48)/b12-10-,13-11-,17-16-/t39-,40+/m0/s1. The fourth-order valence-electron chi connectivity index (χ4n) is 5.47. The topological polar surface area (TPSA) is 149 Å². The van der Waals surface area contributed by atoms with Crippen molar-refractivity contribution in [3.05, 3.63) is 36.5 Å². The van der Waals surface area contributed by atoms with E-state index >= 15 is 0 Å². The molecule has 3 atom stereocenters. The van der Waals surface area contributed by atoms with Crippen molar-refractivity contribution in [3.63, 3.8) is 0 Å². The van der Waals surface area contributed by atoms with E-state index < -0.39 is 51.8 Å². The van der Waals surface area contributed by atoms with Crippen LogP contribution in [0.3, 0.4) is 0 Å². The first kappa shape index (κ1) is 51.2. The minimum atomic E-state index is -4.62. The number of rotatable bonds is 39. The van der Waals surface area contributed by atoms with E-state index in [-0.39, 0.29) is 19.4 Å². The first-order valence-electron chi connectivity index (χ1n) is 20.9. The second-order valence-electron chi connectivity index (χ2n) is 14.0. The third-order valence-electron chi connectivity index (χ3n) is 8.77. The van der Waals surface area contributed by atoms with Crippen molar-refractivity contribution in [2.24, 2.45) is 0 Å². The molecule has 310 valence electrons. The molecule has 0 amide bonds. The molecule has 0 aliphatic carbocycles. The summed E-state index contributed by atoms with van der Waals surface area (Å²) in [7, 11) is -4.62. The van der Waals surface area contributed by atoms with Crippen LogP contribution in [0.15, 0.2) is 36.5 Å². The van der Waals surface area contributed by atoms with Gasteiger partial charge in [-0.2, -0.15) is 0 Å². The molecule has 0 saturated carbocycles. The lowest BCUT2D eigenvalue weighted by molar-refractivity contribution is -0.161. The first-order chi connectivity index (χ1) is 25.7. The van der Waals surface area contributed by atoms with Gasteiger partial charge in [-0.1, -0.05) is 140 Å². The fourth-order valence-corrected chi connectivity index (χ4v) is 6.26. The number of phosphoric acid groups is 1. The molecule has 0 fully saturated rings. The van der Waals surface area contributed by atoms with E-state index in [1.807, 2.05) is 0 Å². The Balaban J connectivity index is 4.28. The minimum absolute atomic E-state index is 0.178. The van der Waals surface area contributed by atoms with Crippen LogP contribution >= 0.6 is 7.82 Å². The molecular formula is C42H77O10P. The van der Waals surface area contributed by atoms with Crippen LogP contribution in [-0.2, 0) is 32.7 Å². The number of carbonyl (C=O) groups excluding carboxylic acids is 2. The Bertz CT molecular complexity index is 983. The molecule has 0 saturated heterocycles. The molecule has 53 heavy (non-hydrogen) atoms. The van der Waals surface area contributed by atoms with E-state index in [0.717, 1.165) is 70.6 Å². The number of allylic oxidation sites excluding steroid dienone is 6. The van der Waals surface area contributed by atoms with Crippen molar-refractivity contribution < 1.29 is 47.8 Å². The summed E-state index contributed by atoms with van der Waals surface area (Å²) in [6.45, 7) is 2.30. The summed E-state index contributed by atoms with van der Waals surface area (Å²) in [5.41, 5.74) is 0. The fraction of sp³-hybridized carbons (Fsp3) is 0.810. The van der Waals surface area contributed by atoms with E-state index in [1.54, 1.807) is 0 Å². The van der Waals surface area contributed by atoms with Gasteiger partial charge >= 0.3 is 19.8 Å². The van der Waals surface area contributed by atoms with E-state index in [9.17, 15) is 24.2 Å². The van der Waals surface area contributed by atoms with Crippen LogP contribution in [0.4, 0.5) is 0 Å². The molecule has 11 heteroatoms. The van der Waals surface area contributed by atoms with Crippen molar-refractivity contribution >= 4 is 19.8 Å². The zero-order valence-corrected chi connectivity index (χ0v) is 34.4. The van der Waals surface area contributed by atoms with Gasteiger partial charge in [0.2, 0.25) is 0 Å². The maximum absolute atomic E-state index is 12.6. The normalized spacial score (nSPS) is 14.3. The first-order valence-corrected chi connectivity index (χ1v) is 22.4. The second-order valence-corrected chi connectivity index (χ2v) is 15.5. The number of phosphoric ester groups is 1. The van der Waals surface area contributed by atoms with Gasteiger partial charge in [0.15, 0.2) is 6.10 Å². The number of unbranched alkanes of at least 4 members (excludes halogenated alkanes) is 19. The summed E-state index contributed by atoms with van der Waals surface area (Å²) >= 11 is 0. The van der Waals surface area contributed by atoms with Crippen LogP contribution in [0.1, 0.15) is 181 Å². The van der Waals surface area contributed by atoms with Crippen molar-refractivity contribution in [2.75, 3.05) is 26.4 Å². The van der Waals surface area contributed by atoms with Gasteiger partial charge < -0.3 is 24.6 Å². The van der Waals surface area contributed by atoms with Crippen LogP contribution in [0.2, 0.25) is 0 Å². The SMILES string of the molecule is CCCC/C=C\CCCCCCCC(=O)OC[C@H](COP(=O)(O)OC[C@@H](O)CO)OC(=O)CCCCCCCCCCC/C=C\C/C=C\CCCCC. The molecule has 0 rings (SSSR count). The lowest BCUT2D eigenvalue weighted by atomic mass is 10.1. The highest BCUT2D eigenvalue weighted by Crippen LogP contribution is 2.43. The number of carbonyl (C=O) groups is 2. The smallest absolute Gasteiger partial charge is 0.462 e. The van der Waals surface area contributed by atoms with Crippen molar-refractivity contribution in [1.29, 1.82) is 0 Å². The van der Waals surface area contributed by atoms with E-state index in [0.29, 0.717) is 12.8 Å². The molecule has 0 aliphatic rings. The quantitative estimate of drug-likeness (QED) is 0.0238. The Kier molecular flexibility index (Phi) is 37.2. The molecule has 0 heterocycles. The van der Waals surface area contributed by atoms with Crippen LogP contribution < -0.4 is 0 Å². The molecule has 0 aromatic heterocycles. The molecule has 3 N–H and O–H groups in total. The third kappa shape index (κ3) is 38.3. The monoisotopic (exact) mass is 773 g/mol. The molecule has 0 aromatic rings. The Hall–Kier alpha value is -1.81. The van der Waals surface area contributed by atoms with E-state index in [4.69, 9.17) is 19.1 Å². The third-order valence-corrected chi connectivity index (χ3v) is 9.72. The predicted octanol–water partition coefficient (Wildman–Crippen LogP) is 10.8. The van der Waals surface area contributed by atoms with Crippen molar-refractivity contribution in [2.45, 2.75) is 193 Å². The Morgan fingerprint density at radius 3 is 1.53 bits per heavy atom. The zero-order valence-electron chi connectivity index (χ0n) is 33.5. The minimum Gasteiger partial charge on any atom is -0.462 e. The second kappa shape index (κ2) is 38.5. The number of ether oxygens (including phenoxy) is 2. The van der Waals surface area contributed by atoms with Gasteiger partial charge in [0.1, 0.15) is 12.7 Å². The number of hydrogen-bond acceptors (Lipinski definition) is 9. The van der Waals surface area contributed by atoms with Crippen LogP contribution in [0, 0.1) is 0 Å². The Morgan fingerprint density at radius 1 is 0.566 bits per heavy atom. The molecule has 0 aliphatic heterocycles. The van der Waals surface area contributed by atoms with Crippen molar-refractivity contribution in [3.8, 4) is 0 Å². The lowest BCUT2D eigenvalue weighted by Gasteiger charge is -2.20. The Morgan fingerprint density at radius 2 is 1.00 bits per heavy atom. The Labute approximate surface area is 322 Å². The number of aliphatic hydroxyl groups is 2. The summed E-state index contributed by atoms with van der Waals surface area (Å²) in [4.78, 5) is 34.9. The molecule has 1 unspecified atom stereocenters. The molecule has 0 bridgehead atoms. The van der Waals surface area contributed by atoms with Gasteiger partial charge in [-0.25, -0.2) is 4.57 Å². The summed E-state index contributed by atoms with van der Waals surface area (Å²) < 4.78 is 32.6. The summed E-state index contributed by atoms with van der Waals surface area (Å²) in [5.74, 6) is -0.941. The number of esters is 2. The lowest BCUT2D eigenvalue weighted by Crippen LogP contribution is -2.29. The van der Waals surface area contributed by atoms with Gasteiger partial charge in [-0.3, -0.25) is 18.6 Å². The molecule has 0 radical (unpaired) electrons. The van der Waals surface area contributed by atoms with Gasteiger partial charge in [-0.15, -0.1) is 0 Å². The number of hydrogen-bond donors (Lipinski definition) is 3.